The summed E-state index contributed by atoms with van der Waals surface area (Å²) in [5, 5.41) is 7.11. The second kappa shape index (κ2) is 7.65. The van der Waals surface area contributed by atoms with Crippen molar-refractivity contribution in [3.05, 3.63) is 37.5 Å². The number of carbonyl (C=O) groups is 2. The Morgan fingerprint density at radius 2 is 1.85 bits per heavy atom. The zero-order chi connectivity index (χ0) is 18.8. The van der Waals surface area contributed by atoms with E-state index in [2.05, 4.69) is 20.6 Å². The summed E-state index contributed by atoms with van der Waals surface area (Å²) in [4.78, 5) is 36.1. The zero-order valence-corrected chi connectivity index (χ0v) is 17.2. The van der Waals surface area contributed by atoms with Crippen molar-refractivity contribution < 1.29 is 9.59 Å². The molecule has 0 spiro atoms. The van der Waals surface area contributed by atoms with E-state index in [-0.39, 0.29) is 11.8 Å². The Hall–Kier alpha value is -2.10. The van der Waals surface area contributed by atoms with E-state index in [9.17, 15) is 9.59 Å². The molecule has 0 saturated carbocycles. The highest BCUT2D eigenvalue weighted by Gasteiger charge is 2.18. The van der Waals surface area contributed by atoms with E-state index in [1.807, 2.05) is 32.9 Å². The van der Waals surface area contributed by atoms with Crippen molar-refractivity contribution in [1.82, 2.24) is 15.3 Å². The van der Waals surface area contributed by atoms with Gasteiger partial charge in [0.05, 0.1) is 27.8 Å². The highest BCUT2D eigenvalue weighted by Crippen LogP contribution is 2.35. The maximum Gasteiger partial charge on any atom is 0.269 e. The molecule has 136 valence electrons. The van der Waals surface area contributed by atoms with E-state index in [0.29, 0.717) is 16.6 Å². The van der Waals surface area contributed by atoms with Gasteiger partial charge >= 0.3 is 0 Å². The monoisotopic (exact) mass is 406 g/mol. The van der Waals surface area contributed by atoms with Crippen LogP contribution in [-0.4, -0.2) is 21.8 Å². The number of nitrogens with zero attached hydrogens (tertiary/aromatic N) is 2. The number of thiophene rings is 1. The number of amides is 2. The number of hydrogen-bond donors (Lipinski definition) is 2. The topological polar surface area (TPSA) is 84.0 Å². The smallest absolute Gasteiger partial charge is 0.269 e. The number of carbonyl (C=O) groups excluding carboxylic acids is 2. The van der Waals surface area contributed by atoms with E-state index < -0.39 is 0 Å². The predicted octanol–water partition coefficient (Wildman–Crippen LogP) is 4.14. The molecule has 6 nitrogen and oxygen atoms in total. The van der Waals surface area contributed by atoms with E-state index in [1.54, 1.807) is 11.3 Å². The summed E-state index contributed by atoms with van der Waals surface area (Å²) in [6, 6.07) is 3.97. The van der Waals surface area contributed by atoms with Crippen molar-refractivity contribution in [3.63, 3.8) is 0 Å². The second-order valence-corrected chi connectivity index (χ2v) is 9.28. The van der Waals surface area contributed by atoms with Gasteiger partial charge < -0.3 is 5.32 Å². The van der Waals surface area contributed by atoms with Crippen LogP contribution >= 0.6 is 34.0 Å². The van der Waals surface area contributed by atoms with Gasteiger partial charge in [-0.1, -0.05) is 0 Å². The molecule has 3 rings (SSSR count). The number of anilines is 1. The molecule has 2 N–H and O–H groups in total. The van der Waals surface area contributed by atoms with Crippen LogP contribution in [0, 0.1) is 20.8 Å². The Balaban J connectivity index is 1.76. The average Bonchev–Trinajstić information content (AvgIpc) is 3.24. The average molecular weight is 407 g/mol. The summed E-state index contributed by atoms with van der Waals surface area (Å²) in [6.07, 6.45) is 0. The molecule has 3 aromatic heterocycles. The lowest BCUT2D eigenvalue weighted by Gasteiger charge is -1.99. The molecular weight excluding hydrogens is 388 g/mol. The molecule has 0 aliphatic carbocycles. The first-order valence-electron chi connectivity index (χ1n) is 7.90. The van der Waals surface area contributed by atoms with Gasteiger partial charge in [0, 0.05) is 16.7 Å². The normalized spacial score (nSPS) is 10.8. The molecule has 2 amide bonds. The van der Waals surface area contributed by atoms with E-state index in [0.717, 1.165) is 31.0 Å². The van der Waals surface area contributed by atoms with E-state index in [4.69, 9.17) is 0 Å². The van der Waals surface area contributed by atoms with Crippen LogP contribution in [0.4, 0.5) is 5.13 Å². The molecule has 3 aromatic rings. The van der Waals surface area contributed by atoms with Gasteiger partial charge in [-0.25, -0.2) is 9.97 Å². The lowest BCUT2D eigenvalue weighted by atomic mass is 10.3. The summed E-state index contributed by atoms with van der Waals surface area (Å²) < 4.78 is 0. The molecule has 26 heavy (non-hydrogen) atoms. The predicted molar refractivity (Wildman–Crippen MR) is 107 cm³/mol. The fourth-order valence-electron chi connectivity index (χ4n) is 2.39. The minimum atomic E-state index is -0.175. The molecule has 3 heterocycles. The first kappa shape index (κ1) is 18.7. The Morgan fingerprint density at radius 1 is 1.08 bits per heavy atom. The Kier molecular flexibility index (Phi) is 5.49. The van der Waals surface area contributed by atoms with Crippen LogP contribution in [0.3, 0.4) is 0 Å². The minimum Gasteiger partial charge on any atom is -0.351 e. The summed E-state index contributed by atoms with van der Waals surface area (Å²) >= 11 is 4.42. The lowest BCUT2D eigenvalue weighted by molar-refractivity contribution is -0.119. The standard InChI is InChI=1S/C17H18N4O2S3/c1-8-15(25-11(4)19-8)16(23)21-17-20-14(9(2)24-17)13-6-5-12(26-13)7-18-10(3)22/h5-6H,7H2,1-4H3,(H,18,22)(H,20,21,23). The molecule has 0 bridgehead atoms. The van der Waals surface area contributed by atoms with Crippen LogP contribution in [0.5, 0.6) is 0 Å². The third-order valence-corrected chi connectivity index (χ3v) is 6.58. The molecular formula is C17H18N4O2S3. The van der Waals surface area contributed by atoms with Crippen LogP contribution in [0.1, 0.15) is 37.1 Å². The SMILES string of the molecule is CC(=O)NCc1ccc(-c2nc(NC(=O)c3sc(C)nc3C)sc2C)s1. The van der Waals surface area contributed by atoms with Crippen molar-refractivity contribution in [1.29, 1.82) is 0 Å². The number of aryl methyl sites for hydroxylation is 3. The first-order valence-corrected chi connectivity index (χ1v) is 10.3. The van der Waals surface area contributed by atoms with Crippen molar-refractivity contribution >= 4 is 51.0 Å². The van der Waals surface area contributed by atoms with Crippen molar-refractivity contribution in [2.24, 2.45) is 0 Å². The van der Waals surface area contributed by atoms with Gasteiger partial charge in [0.2, 0.25) is 5.91 Å². The fourth-order valence-corrected chi connectivity index (χ4v) is 5.08. The Morgan fingerprint density at radius 3 is 2.50 bits per heavy atom. The molecule has 0 saturated heterocycles. The molecule has 0 unspecified atom stereocenters. The van der Waals surface area contributed by atoms with Crippen molar-refractivity contribution in [2.45, 2.75) is 34.2 Å². The van der Waals surface area contributed by atoms with Crippen LogP contribution in [-0.2, 0) is 11.3 Å². The van der Waals surface area contributed by atoms with Crippen LogP contribution < -0.4 is 10.6 Å². The lowest BCUT2D eigenvalue weighted by Crippen LogP contribution is -2.17. The van der Waals surface area contributed by atoms with Gasteiger partial charge in [-0.05, 0) is 32.9 Å². The van der Waals surface area contributed by atoms with Crippen LogP contribution in [0.15, 0.2) is 12.1 Å². The summed E-state index contributed by atoms with van der Waals surface area (Å²) in [6.45, 7) is 7.71. The zero-order valence-electron chi connectivity index (χ0n) is 14.8. The van der Waals surface area contributed by atoms with Gasteiger partial charge in [0.25, 0.3) is 5.91 Å². The molecule has 0 fully saturated rings. The maximum atomic E-state index is 12.4. The largest absolute Gasteiger partial charge is 0.351 e. The second-order valence-electron chi connectivity index (χ2n) is 5.70. The van der Waals surface area contributed by atoms with Gasteiger partial charge in [-0.3, -0.25) is 14.9 Å². The Bertz CT molecular complexity index is 971. The number of rotatable bonds is 5. The van der Waals surface area contributed by atoms with Crippen molar-refractivity contribution in [2.75, 3.05) is 5.32 Å². The number of hydrogen-bond acceptors (Lipinski definition) is 7. The van der Waals surface area contributed by atoms with Gasteiger partial charge in [-0.2, -0.15) is 0 Å². The highest BCUT2D eigenvalue weighted by atomic mass is 32.1. The summed E-state index contributed by atoms with van der Waals surface area (Å²) in [5.74, 6) is -0.227. The molecule has 9 heteroatoms. The molecule has 0 radical (unpaired) electrons. The van der Waals surface area contributed by atoms with E-state index in [1.165, 1.54) is 29.6 Å². The molecule has 0 aliphatic heterocycles. The Labute approximate surface area is 163 Å². The van der Waals surface area contributed by atoms with Gasteiger partial charge in [-0.15, -0.1) is 34.0 Å². The summed E-state index contributed by atoms with van der Waals surface area (Å²) in [5.41, 5.74) is 1.60. The van der Waals surface area contributed by atoms with Crippen LogP contribution in [0.25, 0.3) is 10.6 Å². The van der Waals surface area contributed by atoms with Crippen LogP contribution in [0.2, 0.25) is 0 Å². The molecule has 0 atom stereocenters. The maximum absolute atomic E-state index is 12.4. The minimum absolute atomic E-state index is 0.0524. The van der Waals surface area contributed by atoms with Crippen molar-refractivity contribution in [3.8, 4) is 10.6 Å². The van der Waals surface area contributed by atoms with E-state index >= 15 is 0 Å². The van der Waals surface area contributed by atoms with Gasteiger partial charge in [0.1, 0.15) is 4.88 Å². The number of thiazole rings is 2. The summed E-state index contributed by atoms with van der Waals surface area (Å²) in [7, 11) is 0. The fraction of sp³-hybridized carbons (Fsp3) is 0.294. The molecule has 0 aliphatic rings. The quantitative estimate of drug-likeness (QED) is 0.667. The third-order valence-electron chi connectivity index (χ3n) is 3.53. The van der Waals surface area contributed by atoms with Gasteiger partial charge in [0.15, 0.2) is 5.13 Å². The number of nitrogens with one attached hydrogen (secondary N) is 2. The third kappa shape index (κ3) is 4.17. The highest BCUT2D eigenvalue weighted by molar-refractivity contribution is 7.18. The first-order chi connectivity index (χ1) is 12.3. The molecule has 0 aromatic carbocycles. The number of aromatic nitrogens is 2.